The van der Waals surface area contributed by atoms with E-state index in [1.165, 1.54) is 32.1 Å². The molecule has 1 N–H and O–H groups in total. The molecule has 3 heteroatoms. The molecule has 0 amide bonds. The summed E-state index contributed by atoms with van der Waals surface area (Å²) in [4.78, 5) is 12.0. The highest BCUT2D eigenvalue weighted by Crippen LogP contribution is 2.30. The lowest BCUT2D eigenvalue weighted by atomic mass is 9.95. The first-order chi connectivity index (χ1) is 10.8. The highest BCUT2D eigenvalue weighted by atomic mass is 16.4. The zero-order chi connectivity index (χ0) is 14.9. The fraction of sp³-hybridized carbons (Fsp3) is 0.316. The molecule has 1 aliphatic rings. The third kappa shape index (κ3) is 2.37. The Morgan fingerprint density at radius 3 is 2.64 bits per heavy atom. The molecule has 4 rings (SSSR count). The number of rotatable bonds is 2. The van der Waals surface area contributed by atoms with Crippen LogP contribution in [0.4, 0.5) is 5.69 Å². The zero-order valence-electron chi connectivity index (χ0n) is 12.5. The fourth-order valence-electron chi connectivity index (χ4n) is 3.48. The molecular formula is C19H19NO2. The largest absolute Gasteiger partial charge is 0.422 e. The summed E-state index contributed by atoms with van der Waals surface area (Å²) in [7, 11) is 0. The van der Waals surface area contributed by atoms with Gasteiger partial charge in [0.1, 0.15) is 5.58 Å². The summed E-state index contributed by atoms with van der Waals surface area (Å²) >= 11 is 0. The van der Waals surface area contributed by atoms with Crippen LogP contribution in [-0.4, -0.2) is 6.04 Å². The van der Waals surface area contributed by atoms with Crippen molar-refractivity contribution in [2.45, 2.75) is 38.1 Å². The molecule has 0 spiro atoms. The molecule has 1 aliphatic carbocycles. The van der Waals surface area contributed by atoms with Gasteiger partial charge in [0.05, 0.1) is 5.69 Å². The molecule has 1 saturated carbocycles. The summed E-state index contributed by atoms with van der Waals surface area (Å²) in [6, 6.07) is 14.2. The summed E-state index contributed by atoms with van der Waals surface area (Å²) in [5, 5.41) is 6.64. The van der Waals surface area contributed by atoms with E-state index in [2.05, 4.69) is 11.4 Å². The van der Waals surface area contributed by atoms with E-state index >= 15 is 0 Å². The number of hydrogen-bond acceptors (Lipinski definition) is 3. The van der Waals surface area contributed by atoms with Crippen molar-refractivity contribution in [2.24, 2.45) is 0 Å². The van der Waals surface area contributed by atoms with E-state index in [0.717, 1.165) is 21.8 Å². The molecule has 0 saturated heterocycles. The van der Waals surface area contributed by atoms with Crippen LogP contribution in [0.15, 0.2) is 51.7 Å². The molecule has 0 atom stereocenters. The monoisotopic (exact) mass is 293 g/mol. The van der Waals surface area contributed by atoms with E-state index in [1.807, 2.05) is 30.3 Å². The predicted octanol–water partition coefficient (Wildman–Crippen LogP) is 4.69. The van der Waals surface area contributed by atoms with Crippen molar-refractivity contribution in [1.29, 1.82) is 0 Å². The summed E-state index contributed by atoms with van der Waals surface area (Å²) in [5.41, 5.74) is 1.30. The van der Waals surface area contributed by atoms with Gasteiger partial charge in [-0.25, -0.2) is 4.79 Å². The van der Waals surface area contributed by atoms with Gasteiger partial charge in [-0.15, -0.1) is 0 Å². The van der Waals surface area contributed by atoms with Crippen molar-refractivity contribution in [2.75, 3.05) is 5.32 Å². The Balaban J connectivity index is 1.87. The van der Waals surface area contributed by atoms with Crippen LogP contribution in [0.3, 0.4) is 0 Å². The van der Waals surface area contributed by atoms with Crippen LogP contribution in [0.2, 0.25) is 0 Å². The minimum Gasteiger partial charge on any atom is -0.422 e. The van der Waals surface area contributed by atoms with Crippen molar-refractivity contribution in [3.63, 3.8) is 0 Å². The molecule has 1 heterocycles. The number of anilines is 1. The average molecular weight is 293 g/mol. The second-order valence-electron chi connectivity index (χ2n) is 6.12. The SMILES string of the molecule is O=c1cc(NC2CCCCC2)c2ccc3ccccc3c2o1. The number of nitrogens with one attached hydrogen (secondary N) is 1. The van der Waals surface area contributed by atoms with Crippen molar-refractivity contribution >= 4 is 27.4 Å². The Morgan fingerprint density at radius 1 is 0.955 bits per heavy atom. The van der Waals surface area contributed by atoms with Gasteiger partial charge >= 0.3 is 5.63 Å². The number of hydrogen-bond donors (Lipinski definition) is 1. The molecule has 0 unspecified atom stereocenters. The van der Waals surface area contributed by atoms with Gasteiger partial charge in [-0.3, -0.25) is 0 Å². The minimum absolute atomic E-state index is 0.290. The molecule has 2 aromatic carbocycles. The summed E-state index contributed by atoms with van der Waals surface area (Å²) in [6.45, 7) is 0. The van der Waals surface area contributed by atoms with Gasteiger partial charge in [0.25, 0.3) is 0 Å². The van der Waals surface area contributed by atoms with E-state index in [9.17, 15) is 4.79 Å². The maximum atomic E-state index is 12.0. The van der Waals surface area contributed by atoms with E-state index < -0.39 is 0 Å². The zero-order valence-corrected chi connectivity index (χ0v) is 12.5. The molecule has 0 radical (unpaired) electrons. The van der Waals surface area contributed by atoms with Crippen molar-refractivity contribution < 1.29 is 4.42 Å². The van der Waals surface area contributed by atoms with Crippen molar-refractivity contribution in [1.82, 2.24) is 0 Å². The molecule has 112 valence electrons. The lowest BCUT2D eigenvalue weighted by Crippen LogP contribution is -2.23. The lowest BCUT2D eigenvalue weighted by molar-refractivity contribution is 0.462. The first-order valence-corrected chi connectivity index (χ1v) is 8.03. The van der Waals surface area contributed by atoms with Crippen LogP contribution < -0.4 is 10.9 Å². The summed E-state index contributed by atoms with van der Waals surface area (Å²) in [5.74, 6) is 0. The normalized spacial score (nSPS) is 16.2. The Morgan fingerprint density at radius 2 is 1.77 bits per heavy atom. The van der Waals surface area contributed by atoms with Crippen LogP contribution in [-0.2, 0) is 0 Å². The average Bonchev–Trinajstić information content (AvgIpc) is 2.55. The fourth-order valence-corrected chi connectivity index (χ4v) is 3.48. The highest BCUT2D eigenvalue weighted by molar-refractivity contribution is 6.07. The van der Waals surface area contributed by atoms with Gasteiger partial charge in [-0.2, -0.15) is 0 Å². The Bertz CT molecular complexity index is 875. The number of benzene rings is 2. The summed E-state index contributed by atoms with van der Waals surface area (Å²) < 4.78 is 5.51. The van der Waals surface area contributed by atoms with Crippen LogP contribution in [0.5, 0.6) is 0 Å². The molecule has 3 aromatic rings. The minimum atomic E-state index is -0.290. The maximum absolute atomic E-state index is 12.0. The van der Waals surface area contributed by atoms with E-state index in [-0.39, 0.29) is 5.63 Å². The number of fused-ring (bicyclic) bond motifs is 3. The molecule has 0 bridgehead atoms. The van der Waals surface area contributed by atoms with Gasteiger partial charge in [-0.05, 0) is 24.3 Å². The van der Waals surface area contributed by atoms with Crippen LogP contribution in [0, 0.1) is 0 Å². The van der Waals surface area contributed by atoms with Crippen LogP contribution in [0.1, 0.15) is 32.1 Å². The molecule has 22 heavy (non-hydrogen) atoms. The Kier molecular flexibility index (Phi) is 3.34. The smallest absolute Gasteiger partial charge is 0.338 e. The van der Waals surface area contributed by atoms with Crippen LogP contribution >= 0.6 is 0 Å². The Labute approximate surface area is 128 Å². The summed E-state index contributed by atoms with van der Waals surface area (Å²) in [6.07, 6.45) is 6.20. The van der Waals surface area contributed by atoms with E-state index in [1.54, 1.807) is 6.07 Å². The maximum Gasteiger partial charge on any atom is 0.338 e. The van der Waals surface area contributed by atoms with Gasteiger partial charge < -0.3 is 9.73 Å². The Hall–Kier alpha value is -2.29. The molecule has 3 nitrogen and oxygen atoms in total. The standard InChI is InChI=1S/C19H19NO2/c21-18-12-17(20-14-7-2-1-3-8-14)16-11-10-13-6-4-5-9-15(13)19(16)22-18/h4-6,9-12,14,20H,1-3,7-8H2. The van der Waals surface area contributed by atoms with Crippen molar-refractivity contribution in [3.05, 3.63) is 52.9 Å². The molecule has 0 aliphatic heterocycles. The topological polar surface area (TPSA) is 42.2 Å². The second-order valence-corrected chi connectivity index (χ2v) is 6.12. The third-order valence-corrected chi connectivity index (χ3v) is 4.60. The van der Waals surface area contributed by atoms with E-state index in [4.69, 9.17) is 4.42 Å². The first kappa shape index (κ1) is 13.4. The quantitative estimate of drug-likeness (QED) is 0.550. The van der Waals surface area contributed by atoms with Crippen LogP contribution in [0.25, 0.3) is 21.7 Å². The molecular weight excluding hydrogens is 274 g/mol. The first-order valence-electron chi connectivity index (χ1n) is 8.03. The lowest BCUT2D eigenvalue weighted by Gasteiger charge is -2.24. The van der Waals surface area contributed by atoms with Crippen molar-refractivity contribution in [3.8, 4) is 0 Å². The second kappa shape index (κ2) is 5.48. The van der Waals surface area contributed by atoms with Gasteiger partial charge in [-0.1, -0.05) is 49.6 Å². The van der Waals surface area contributed by atoms with Gasteiger partial charge in [0.2, 0.25) is 0 Å². The molecule has 1 fully saturated rings. The van der Waals surface area contributed by atoms with E-state index in [0.29, 0.717) is 11.6 Å². The van der Waals surface area contributed by atoms with Gasteiger partial charge in [0.15, 0.2) is 0 Å². The predicted molar refractivity (Wildman–Crippen MR) is 90.5 cm³/mol. The highest BCUT2D eigenvalue weighted by Gasteiger charge is 2.16. The van der Waals surface area contributed by atoms with Gasteiger partial charge in [0, 0.05) is 22.9 Å². The molecule has 1 aromatic heterocycles. The third-order valence-electron chi connectivity index (χ3n) is 4.60.